The van der Waals surface area contributed by atoms with E-state index in [1.807, 2.05) is 54.4 Å². The normalized spacial score (nSPS) is 18.0. The molecule has 34 heavy (non-hydrogen) atoms. The van der Waals surface area contributed by atoms with Crippen LogP contribution in [-0.4, -0.2) is 80.1 Å². The molecule has 0 radical (unpaired) electrons. The van der Waals surface area contributed by atoms with Crippen LogP contribution in [0.15, 0.2) is 48.7 Å². The van der Waals surface area contributed by atoms with Gasteiger partial charge in [-0.3, -0.25) is 14.5 Å². The number of carboxylic acid groups (broad SMARTS) is 2. The van der Waals surface area contributed by atoms with Crippen molar-refractivity contribution in [2.75, 3.05) is 25.1 Å². The van der Waals surface area contributed by atoms with E-state index in [0.717, 1.165) is 40.7 Å². The van der Waals surface area contributed by atoms with Gasteiger partial charge < -0.3 is 25.0 Å². The summed E-state index contributed by atoms with van der Waals surface area (Å²) < 4.78 is 5.78. The number of thioether (sulfide) groups is 1. The first-order chi connectivity index (χ1) is 16.1. The number of nitrogens with zero attached hydrogens (tertiary/aromatic N) is 3. The number of amides is 1. The van der Waals surface area contributed by atoms with E-state index in [-0.39, 0.29) is 0 Å². The molecule has 184 valence electrons. The first-order valence-corrected chi connectivity index (χ1v) is 11.4. The van der Waals surface area contributed by atoms with E-state index in [0.29, 0.717) is 19.6 Å². The van der Waals surface area contributed by atoms with Crippen molar-refractivity contribution in [1.29, 1.82) is 0 Å². The molecule has 1 aliphatic heterocycles. The molecular weight excluding hydrogens is 462 g/mol. The number of aromatic nitrogens is 1. The molecular formula is C23H29N3O7S. The van der Waals surface area contributed by atoms with Crippen LogP contribution in [0.1, 0.15) is 19.4 Å². The maximum absolute atomic E-state index is 12.1. The fourth-order valence-electron chi connectivity index (χ4n) is 3.14. The number of carbonyl (C=O) groups excluding carboxylic acids is 1. The molecule has 3 rings (SSSR count). The number of ether oxygens (including phenoxy) is 1. The third-order valence-electron chi connectivity index (χ3n) is 4.95. The summed E-state index contributed by atoms with van der Waals surface area (Å²) in [5.41, 5.74) is 0.933. The van der Waals surface area contributed by atoms with Crippen molar-refractivity contribution in [3.05, 3.63) is 54.2 Å². The Morgan fingerprint density at radius 1 is 1.21 bits per heavy atom. The molecule has 3 N–H and O–H groups in total. The van der Waals surface area contributed by atoms with Gasteiger partial charge in [0.1, 0.15) is 30.4 Å². The Hall–Kier alpha value is -3.31. The number of hydrogen-bond donors (Lipinski definition) is 3. The topological polar surface area (TPSA) is 140 Å². The molecule has 1 amide bonds. The summed E-state index contributed by atoms with van der Waals surface area (Å²) in [4.78, 5) is 39.6. The van der Waals surface area contributed by atoms with Gasteiger partial charge in [-0.15, -0.1) is 0 Å². The quantitative estimate of drug-likeness (QED) is 0.479. The number of pyridine rings is 1. The van der Waals surface area contributed by atoms with E-state index in [1.165, 1.54) is 6.92 Å². The summed E-state index contributed by atoms with van der Waals surface area (Å²) in [5.74, 6) is -0.367. The maximum atomic E-state index is 12.1. The molecule has 1 aliphatic rings. The number of aliphatic hydroxyl groups is 1. The molecule has 1 fully saturated rings. The molecule has 3 atom stereocenters. The van der Waals surface area contributed by atoms with Crippen molar-refractivity contribution < 1.29 is 34.4 Å². The van der Waals surface area contributed by atoms with Crippen molar-refractivity contribution >= 4 is 34.8 Å². The Morgan fingerprint density at radius 3 is 2.41 bits per heavy atom. The number of carboxylic acids is 2. The molecule has 0 bridgehead atoms. The number of hydrogen-bond acceptors (Lipinski definition) is 8. The van der Waals surface area contributed by atoms with Crippen LogP contribution in [0.4, 0.5) is 10.6 Å². The van der Waals surface area contributed by atoms with Crippen molar-refractivity contribution in [3.8, 4) is 5.75 Å². The number of anilines is 1. The van der Waals surface area contributed by atoms with E-state index in [2.05, 4.69) is 4.98 Å². The minimum absolute atomic E-state index is 0.417. The van der Waals surface area contributed by atoms with Crippen LogP contribution in [0.5, 0.6) is 5.75 Å². The standard InChI is InChI=1S/C21H25N3O5S.C2H4O2/c1-14(20(26)27)24-19(25)17(30-21(24)28)13-15-6-8-16(9-7-15)29-12-11-23(2)18-5-3-4-10-22-18;1-2(3)4/h3-10,14,17,19,25H,11-13H2,1-2H3,(H,26,27);1H3,(H,3,4). The molecule has 1 aromatic heterocycles. The molecule has 0 aliphatic carbocycles. The fourth-order valence-corrected chi connectivity index (χ4v) is 4.32. The third-order valence-corrected chi connectivity index (χ3v) is 6.08. The van der Waals surface area contributed by atoms with Crippen LogP contribution < -0.4 is 9.64 Å². The van der Waals surface area contributed by atoms with E-state index >= 15 is 0 Å². The molecule has 2 heterocycles. The second-order valence-electron chi connectivity index (χ2n) is 7.58. The average Bonchev–Trinajstić information content (AvgIpc) is 3.07. The monoisotopic (exact) mass is 491 g/mol. The minimum atomic E-state index is -1.14. The van der Waals surface area contributed by atoms with Crippen LogP contribution in [0.3, 0.4) is 0 Å². The largest absolute Gasteiger partial charge is 0.492 e. The molecule has 3 unspecified atom stereocenters. The van der Waals surface area contributed by atoms with E-state index in [1.54, 1.807) is 6.20 Å². The summed E-state index contributed by atoms with van der Waals surface area (Å²) in [5, 5.41) is 26.1. The van der Waals surface area contributed by atoms with Crippen LogP contribution in [0.25, 0.3) is 0 Å². The Kier molecular flexibility index (Phi) is 10.1. The van der Waals surface area contributed by atoms with Crippen molar-refractivity contribution in [3.63, 3.8) is 0 Å². The van der Waals surface area contributed by atoms with E-state index in [4.69, 9.17) is 19.7 Å². The predicted octanol–water partition coefficient (Wildman–Crippen LogP) is 2.56. The Bertz CT molecular complexity index is 955. The van der Waals surface area contributed by atoms with Gasteiger partial charge in [0.15, 0.2) is 0 Å². The maximum Gasteiger partial charge on any atom is 0.326 e. The van der Waals surface area contributed by atoms with Crippen LogP contribution in [-0.2, 0) is 16.0 Å². The van der Waals surface area contributed by atoms with Gasteiger partial charge in [0.05, 0.1) is 11.8 Å². The number of aliphatic hydroxyl groups excluding tert-OH is 1. The third kappa shape index (κ3) is 7.92. The molecule has 0 spiro atoms. The number of rotatable bonds is 9. The second kappa shape index (κ2) is 12.8. The minimum Gasteiger partial charge on any atom is -0.492 e. The highest BCUT2D eigenvalue weighted by molar-refractivity contribution is 8.14. The van der Waals surface area contributed by atoms with Gasteiger partial charge in [0, 0.05) is 20.2 Å². The number of aliphatic carboxylic acids is 2. The van der Waals surface area contributed by atoms with Gasteiger partial charge in [-0.1, -0.05) is 30.0 Å². The highest BCUT2D eigenvalue weighted by Crippen LogP contribution is 2.34. The van der Waals surface area contributed by atoms with Crippen LogP contribution >= 0.6 is 11.8 Å². The predicted molar refractivity (Wildman–Crippen MR) is 128 cm³/mol. The summed E-state index contributed by atoms with van der Waals surface area (Å²) in [7, 11) is 1.95. The summed E-state index contributed by atoms with van der Waals surface area (Å²) in [6.07, 6.45) is 1.06. The lowest BCUT2D eigenvalue weighted by Gasteiger charge is -2.25. The molecule has 1 saturated heterocycles. The average molecular weight is 492 g/mol. The molecule has 10 nitrogen and oxygen atoms in total. The Morgan fingerprint density at radius 2 is 1.85 bits per heavy atom. The highest BCUT2D eigenvalue weighted by Gasteiger charge is 2.43. The number of carbonyl (C=O) groups is 3. The first kappa shape index (κ1) is 26.9. The Labute approximate surface area is 202 Å². The molecule has 0 saturated carbocycles. The number of likely N-dealkylation sites (N-methyl/N-ethyl adjacent to an activating group) is 1. The smallest absolute Gasteiger partial charge is 0.326 e. The van der Waals surface area contributed by atoms with Crippen LogP contribution in [0.2, 0.25) is 0 Å². The lowest BCUT2D eigenvalue weighted by atomic mass is 10.1. The first-order valence-electron chi connectivity index (χ1n) is 10.5. The summed E-state index contributed by atoms with van der Waals surface area (Å²) >= 11 is 0.972. The molecule has 1 aromatic carbocycles. The second-order valence-corrected chi connectivity index (χ2v) is 8.77. The van der Waals surface area contributed by atoms with Crippen molar-refractivity contribution in [2.24, 2.45) is 0 Å². The molecule has 11 heteroatoms. The van der Waals surface area contributed by atoms with Gasteiger partial charge in [0.25, 0.3) is 11.2 Å². The zero-order valence-corrected chi connectivity index (χ0v) is 20.0. The van der Waals surface area contributed by atoms with Crippen LogP contribution in [0, 0.1) is 0 Å². The zero-order chi connectivity index (χ0) is 25.3. The van der Waals surface area contributed by atoms with Crippen molar-refractivity contribution in [1.82, 2.24) is 9.88 Å². The lowest BCUT2D eigenvalue weighted by Crippen LogP contribution is -2.46. The van der Waals surface area contributed by atoms with Crippen molar-refractivity contribution in [2.45, 2.75) is 37.8 Å². The van der Waals surface area contributed by atoms with Gasteiger partial charge in [0.2, 0.25) is 0 Å². The van der Waals surface area contributed by atoms with E-state index < -0.39 is 34.7 Å². The summed E-state index contributed by atoms with van der Waals surface area (Å²) in [6, 6.07) is 12.2. The van der Waals surface area contributed by atoms with Gasteiger partial charge in [-0.25, -0.2) is 9.78 Å². The molecule has 2 aromatic rings. The van der Waals surface area contributed by atoms with Gasteiger partial charge in [-0.05, 0) is 43.2 Å². The van der Waals surface area contributed by atoms with Gasteiger partial charge in [-0.2, -0.15) is 0 Å². The van der Waals surface area contributed by atoms with E-state index in [9.17, 15) is 14.7 Å². The highest BCUT2D eigenvalue weighted by atomic mass is 32.2. The fraction of sp³-hybridized carbons (Fsp3) is 0.391. The lowest BCUT2D eigenvalue weighted by molar-refractivity contribution is -0.144. The van der Waals surface area contributed by atoms with Gasteiger partial charge >= 0.3 is 5.97 Å². The SMILES string of the molecule is CC(=O)O.CC(C(=O)O)N1C(=O)SC(Cc2ccc(OCCN(C)c3ccccn3)cc2)C1O. The number of benzene rings is 1. The summed E-state index contributed by atoms with van der Waals surface area (Å²) in [6.45, 7) is 3.66. The Balaban J connectivity index is 0.000000945. The zero-order valence-electron chi connectivity index (χ0n) is 19.2.